The summed E-state index contributed by atoms with van der Waals surface area (Å²) in [6.45, 7) is 5.78. The zero-order chi connectivity index (χ0) is 21.5. The molecule has 1 N–H and O–H groups in total. The van der Waals surface area contributed by atoms with Gasteiger partial charge in [0.2, 0.25) is 0 Å². The third-order valence-electron chi connectivity index (χ3n) is 4.58. The highest BCUT2D eigenvalue weighted by Crippen LogP contribution is 2.15. The van der Waals surface area contributed by atoms with E-state index in [0.29, 0.717) is 38.5 Å². The number of amides is 1. The molecule has 0 heterocycles. The van der Waals surface area contributed by atoms with Crippen LogP contribution < -0.4 is 4.74 Å². The summed E-state index contributed by atoms with van der Waals surface area (Å²) in [4.78, 5) is 24.8. The predicted octanol–water partition coefficient (Wildman–Crippen LogP) is 4.14. The lowest BCUT2D eigenvalue weighted by Crippen LogP contribution is -2.35. The number of carbonyl (C=O) groups is 2. The molecule has 0 aliphatic carbocycles. The second-order valence-corrected chi connectivity index (χ2v) is 6.85. The molecule has 1 aromatic carbocycles. The first-order valence-corrected chi connectivity index (χ1v) is 10.4. The smallest absolute Gasteiger partial charge is 0.409 e. The number of methoxy groups -OCH3 is 1. The van der Waals surface area contributed by atoms with Gasteiger partial charge in [0.25, 0.3) is 0 Å². The first-order chi connectivity index (χ1) is 14.0. The molecule has 1 atom stereocenters. The molecule has 0 fully saturated rings. The normalized spacial score (nSPS) is 11.7. The van der Waals surface area contributed by atoms with Gasteiger partial charge in [-0.25, -0.2) is 9.59 Å². The van der Waals surface area contributed by atoms with Crippen LogP contribution in [0.5, 0.6) is 5.75 Å². The molecule has 0 aliphatic rings. The van der Waals surface area contributed by atoms with Gasteiger partial charge in [-0.3, -0.25) is 0 Å². The number of hydrogen-bond acceptors (Lipinski definition) is 5. The molecule has 0 aromatic heterocycles. The Labute approximate surface area is 173 Å². The topological polar surface area (TPSA) is 85.3 Å². The zero-order valence-electron chi connectivity index (χ0n) is 17.9. The van der Waals surface area contributed by atoms with Crippen molar-refractivity contribution in [3.8, 4) is 5.75 Å². The van der Waals surface area contributed by atoms with Crippen LogP contribution in [0.15, 0.2) is 24.3 Å². The lowest BCUT2D eigenvalue weighted by atomic mass is 10.1. The highest BCUT2D eigenvalue weighted by molar-refractivity contribution is 5.72. The Hall–Kier alpha value is -2.28. The lowest BCUT2D eigenvalue weighted by molar-refractivity contribution is -0.149. The number of nitrogens with zero attached hydrogens (tertiary/aromatic N) is 1. The summed E-state index contributed by atoms with van der Waals surface area (Å²) in [6, 6.07) is 7.26. The third-order valence-corrected chi connectivity index (χ3v) is 4.58. The quantitative estimate of drug-likeness (QED) is 0.438. The van der Waals surface area contributed by atoms with Crippen molar-refractivity contribution in [1.82, 2.24) is 4.90 Å². The number of hydrogen-bond donors (Lipinski definition) is 1. The average Bonchev–Trinajstić information content (AvgIpc) is 2.72. The molecule has 0 bridgehead atoms. The van der Waals surface area contributed by atoms with Gasteiger partial charge in [-0.15, -0.1) is 0 Å². The molecule has 164 valence electrons. The van der Waals surface area contributed by atoms with Gasteiger partial charge in [-0.1, -0.05) is 44.7 Å². The van der Waals surface area contributed by atoms with E-state index in [2.05, 4.69) is 6.92 Å². The summed E-state index contributed by atoms with van der Waals surface area (Å²) in [6.07, 6.45) is 4.76. The molecule has 0 saturated heterocycles. The van der Waals surface area contributed by atoms with Crippen LogP contribution in [-0.2, 0) is 20.7 Å². The first-order valence-electron chi connectivity index (χ1n) is 10.4. The minimum Gasteiger partial charge on any atom is -0.492 e. The SMILES string of the molecule is CCCCCCCN(CCOc1ccc(C[C@H](OCC)C(=O)O)cc1)C(=O)OC. The maximum absolute atomic E-state index is 11.9. The van der Waals surface area contributed by atoms with Crippen LogP contribution in [0.25, 0.3) is 0 Å². The molecule has 1 aromatic rings. The fraction of sp³-hybridized carbons (Fsp3) is 0.636. The third kappa shape index (κ3) is 10.2. The number of rotatable bonds is 15. The van der Waals surface area contributed by atoms with Gasteiger partial charge in [0, 0.05) is 19.6 Å². The highest BCUT2D eigenvalue weighted by Gasteiger charge is 2.18. The van der Waals surface area contributed by atoms with Crippen molar-refractivity contribution in [3.63, 3.8) is 0 Å². The Morgan fingerprint density at radius 2 is 1.72 bits per heavy atom. The molecule has 29 heavy (non-hydrogen) atoms. The van der Waals surface area contributed by atoms with Gasteiger partial charge in [0.1, 0.15) is 12.4 Å². The van der Waals surface area contributed by atoms with E-state index in [1.807, 2.05) is 12.1 Å². The number of carbonyl (C=O) groups excluding carboxylic acids is 1. The minimum absolute atomic E-state index is 0.303. The summed E-state index contributed by atoms with van der Waals surface area (Å²) < 4.78 is 15.8. The summed E-state index contributed by atoms with van der Waals surface area (Å²) in [7, 11) is 1.39. The number of unbranched alkanes of at least 4 members (excludes halogenated alkanes) is 4. The van der Waals surface area contributed by atoms with Crippen molar-refractivity contribution < 1.29 is 28.9 Å². The number of aliphatic carboxylic acids is 1. The molecule has 7 heteroatoms. The zero-order valence-corrected chi connectivity index (χ0v) is 17.9. The minimum atomic E-state index is -0.968. The Bertz CT molecular complexity index is 589. The fourth-order valence-electron chi connectivity index (χ4n) is 2.96. The van der Waals surface area contributed by atoms with E-state index in [-0.39, 0.29) is 6.09 Å². The Morgan fingerprint density at radius 3 is 2.31 bits per heavy atom. The largest absolute Gasteiger partial charge is 0.492 e. The molecule has 0 unspecified atom stereocenters. The highest BCUT2D eigenvalue weighted by atomic mass is 16.5. The van der Waals surface area contributed by atoms with Crippen molar-refractivity contribution in [2.45, 2.75) is 58.5 Å². The lowest BCUT2D eigenvalue weighted by Gasteiger charge is -2.21. The average molecular weight is 410 g/mol. The van der Waals surface area contributed by atoms with Gasteiger partial charge >= 0.3 is 12.1 Å². The maximum atomic E-state index is 11.9. The predicted molar refractivity (Wildman–Crippen MR) is 111 cm³/mol. The van der Waals surface area contributed by atoms with Crippen molar-refractivity contribution >= 4 is 12.1 Å². The van der Waals surface area contributed by atoms with Crippen LogP contribution in [-0.4, -0.2) is 61.6 Å². The summed E-state index contributed by atoms with van der Waals surface area (Å²) in [5.74, 6) is -0.297. The molecule has 7 nitrogen and oxygen atoms in total. The number of benzene rings is 1. The molecule has 0 saturated carbocycles. The van der Waals surface area contributed by atoms with E-state index in [9.17, 15) is 9.59 Å². The standard InChI is InChI=1S/C22H35NO6/c1-4-6-7-8-9-14-23(22(26)27-3)15-16-29-19-12-10-18(11-13-19)17-20(21(24)25)28-5-2/h10-13,20H,4-9,14-17H2,1-3H3,(H,24,25)/t20-/m0/s1. The van der Waals surface area contributed by atoms with Gasteiger partial charge in [0.15, 0.2) is 6.10 Å². The van der Waals surface area contributed by atoms with Crippen LogP contribution in [0.2, 0.25) is 0 Å². The molecule has 1 amide bonds. The molecular formula is C22H35NO6. The fourth-order valence-corrected chi connectivity index (χ4v) is 2.96. The van der Waals surface area contributed by atoms with E-state index >= 15 is 0 Å². The molecule has 1 rings (SSSR count). The molecule has 0 radical (unpaired) electrons. The first kappa shape index (κ1) is 24.8. The van der Waals surface area contributed by atoms with Crippen LogP contribution >= 0.6 is 0 Å². The summed E-state index contributed by atoms with van der Waals surface area (Å²) >= 11 is 0. The van der Waals surface area contributed by atoms with E-state index in [1.165, 1.54) is 26.4 Å². The van der Waals surface area contributed by atoms with E-state index < -0.39 is 12.1 Å². The van der Waals surface area contributed by atoms with Crippen LogP contribution in [0.3, 0.4) is 0 Å². The number of carboxylic acids is 1. The van der Waals surface area contributed by atoms with Crippen molar-refractivity contribution in [1.29, 1.82) is 0 Å². The van der Waals surface area contributed by atoms with Crippen LogP contribution in [0.4, 0.5) is 4.79 Å². The summed E-state index contributed by atoms with van der Waals surface area (Å²) in [5.41, 5.74) is 0.862. The van der Waals surface area contributed by atoms with Crippen LogP contribution in [0.1, 0.15) is 51.5 Å². The Kier molecular flexibility index (Phi) is 12.5. The maximum Gasteiger partial charge on any atom is 0.409 e. The van der Waals surface area contributed by atoms with E-state index in [1.54, 1.807) is 24.0 Å². The van der Waals surface area contributed by atoms with Crippen LogP contribution in [0, 0.1) is 0 Å². The Morgan fingerprint density at radius 1 is 1.03 bits per heavy atom. The molecular weight excluding hydrogens is 374 g/mol. The van der Waals surface area contributed by atoms with Crippen molar-refractivity contribution in [2.24, 2.45) is 0 Å². The number of ether oxygens (including phenoxy) is 3. The van der Waals surface area contributed by atoms with E-state index in [0.717, 1.165) is 18.4 Å². The van der Waals surface area contributed by atoms with Crippen molar-refractivity contribution in [2.75, 3.05) is 33.4 Å². The number of carboxylic acid groups (broad SMARTS) is 1. The second-order valence-electron chi connectivity index (χ2n) is 6.85. The second kappa shape index (κ2) is 14.7. The van der Waals surface area contributed by atoms with Gasteiger partial charge in [-0.2, -0.15) is 0 Å². The molecule has 0 aliphatic heterocycles. The van der Waals surface area contributed by atoms with E-state index in [4.69, 9.17) is 19.3 Å². The van der Waals surface area contributed by atoms with Gasteiger partial charge < -0.3 is 24.2 Å². The monoisotopic (exact) mass is 409 g/mol. The van der Waals surface area contributed by atoms with Gasteiger partial charge in [-0.05, 0) is 31.0 Å². The Balaban J connectivity index is 2.45. The summed E-state index contributed by atoms with van der Waals surface area (Å²) in [5, 5.41) is 9.17. The van der Waals surface area contributed by atoms with Gasteiger partial charge in [0.05, 0.1) is 13.7 Å². The molecule has 0 spiro atoms. The van der Waals surface area contributed by atoms with Crippen molar-refractivity contribution in [3.05, 3.63) is 29.8 Å².